The standard InChI is InChI=1S/C16H30N4O4/c1-5-24-16(23)20-8-6-13(7-9-20)18-15(22)11-19(4)10-14(21)17-12(2)3/h12-13H,5-11H2,1-4H3,(H,17,21)(H,18,22). The SMILES string of the molecule is CCOC(=O)N1CCC(NC(=O)CN(C)CC(=O)NC(C)C)CC1. The molecule has 1 saturated heterocycles. The molecule has 2 N–H and O–H groups in total. The van der Waals surface area contributed by atoms with E-state index in [1.807, 2.05) is 13.8 Å². The summed E-state index contributed by atoms with van der Waals surface area (Å²) in [6.45, 7) is 7.46. The Labute approximate surface area is 143 Å². The molecular weight excluding hydrogens is 312 g/mol. The topological polar surface area (TPSA) is 91.0 Å². The van der Waals surface area contributed by atoms with Crippen LogP contribution in [0.2, 0.25) is 0 Å². The van der Waals surface area contributed by atoms with Gasteiger partial charge in [0.1, 0.15) is 0 Å². The molecule has 0 spiro atoms. The summed E-state index contributed by atoms with van der Waals surface area (Å²) in [5.74, 6) is -0.201. The van der Waals surface area contributed by atoms with Crippen LogP contribution in [0, 0.1) is 0 Å². The number of likely N-dealkylation sites (tertiary alicyclic amines) is 1. The lowest BCUT2D eigenvalue weighted by Gasteiger charge is -2.31. The number of nitrogens with one attached hydrogen (secondary N) is 2. The van der Waals surface area contributed by atoms with Gasteiger partial charge >= 0.3 is 6.09 Å². The second-order valence-corrected chi connectivity index (χ2v) is 6.42. The van der Waals surface area contributed by atoms with E-state index in [0.717, 1.165) is 0 Å². The van der Waals surface area contributed by atoms with E-state index in [4.69, 9.17) is 4.74 Å². The maximum atomic E-state index is 12.1. The summed E-state index contributed by atoms with van der Waals surface area (Å²) in [5, 5.41) is 5.76. The molecular formula is C16H30N4O4. The van der Waals surface area contributed by atoms with E-state index in [2.05, 4.69) is 10.6 Å². The molecule has 1 aliphatic rings. The van der Waals surface area contributed by atoms with Crippen molar-refractivity contribution in [3.8, 4) is 0 Å². The monoisotopic (exact) mass is 342 g/mol. The molecule has 8 heteroatoms. The Morgan fingerprint density at radius 2 is 1.75 bits per heavy atom. The summed E-state index contributed by atoms with van der Waals surface area (Å²) in [7, 11) is 1.74. The van der Waals surface area contributed by atoms with Crippen molar-refractivity contribution in [1.29, 1.82) is 0 Å². The predicted octanol–water partition coefficient (Wildman–Crippen LogP) is 0.180. The lowest BCUT2D eigenvalue weighted by molar-refractivity contribution is -0.125. The highest BCUT2D eigenvalue weighted by Crippen LogP contribution is 2.11. The van der Waals surface area contributed by atoms with Crippen LogP contribution in [0.3, 0.4) is 0 Å². The number of carbonyl (C=O) groups excluding carboxylic acids is 3. The van der Waals surface area contributed by atoms with Crippen LogP contribution in [0.25, 0.3) is 0 Å². The Kier molecular flexibility index (Phi) is 8.53. The van der Waals surface area contributed by atoms with Crippen molar-refractivity contribution < 1.29 is 19.1 Å². The minimum atomic E-state index is -0.293. The average Bonchev–Trinajstić information content (AvgIpc) is 2.46. The summed E-state index contributed by atoms with van der Waals surface area (Å²) in [5.41, 5.74) is 0. The van der Waals surface area contributed by atoms with Crippen LogP contribution < -0.4 is 10.6 Å². The molecule has 0 bridgehead atoms. The normalized spacial score (nSPS) is 15.5. The Hall–Kier alpha value is -1.83. The van der Waals surface area contributed by atoms with Gasteiger partial charge in [-0.15, -0.1) is 0 Å². The molecule has 0 unspecified atom stereocenters. The van der Waals surface area contributed by atoms with Crippen LogP contribution in [0.1, 0.15) is 33.6 Å². The second-order valence-electron chi connectivity index (χ2n) is 6.42. The zero-order chi connectivity index (χ0) is 18.1. The number of rotatable bonds is 7. The molecule has 138 valence electrons. The van der Waals surface area contributed by atoms with Gasteiger partial charge in [0.15, 0.2) is 0 Å². The molecule has 0 atom stereocenters. The highest BCUT2D eigenvalue weighted by Gasteiger charge is 2.24. The minimum absolute atomic E-state index is 0.0565. The van der Waals surface area contributed by atoms with Crippen LogP contribution in [0.4, 0.5) is 4.79 Å². The number of hydrogen-bond donors (Lipinski definition) is 2. The van der Waals surface area contributed by atoms with Gasteiger partial charge in [-0.3, -0.25) is 14.5 Å². The third-order valence-electron chi connectivity index (χ3n) is 3.66. The highest BCUT2D eigenvalue weighted by atomic mass is 16.6. The van der Waals surface area contributed by atoms with Gasteiger partial charge < -0.3 is 20.3 Å². The first-order chi connectivity index (χ1) is 11.3. The fraction of sp³-hybridized carbons (Fsp3) is 0.812. The Morgan fingerprint density at radius 1 is 1.17 bits per heavy atom. The van der Waals surface area contributed by atoms with E-state index >= 15 is 0 Å². The molecule has 0 aromatic heterocycles. The maximum Gasteiger partial charge on any atom is 0.409 e. The predicted molar refractivity (Wildman–Crippen MR) is 90.5 cm³/mol. The van der Waals surface area contributed by atoms with Gasteiger partial charge in [-0.05, 0) is 40.7 Å². The molecule has 0 aromatic rings. The van der Waals surface area contributed by atoms with Gasteiger partial charge in [-0.25, -0.2) is 4.79 Å². The smallest absolute Gasteiger partial charge is 0.409 e. The van der Waals surface area contributed by atoms with E-state index in [1.54, 1.807) is 23.8 Å². The molecule has 24 heavy (non-hydrogen) atoms. The number of likely N-dealkylation sites (N-methyl/N-ethyl adjacent to an activating group) is 1. The summed E-state index contributed by atoms with van der Waals surface area (Å²) >= 11 is 0. The van der Waals surface area contributed by atoms with E-state index < -0.39 is 0 Å². The average molecular weight is 342 g/mol. The van der Waals surface area contributed by atoms with Crippen molar-refractivity contribution in [1.82, 2.24) is 20.4 Å². The van der Waals surface area contributed by atoms with E-state index in [0.29, 0.717) is 32.5 Å². The van der Waals surface area contributed by atoms with Gasteiger partial charge in [-0.2, -0.15) is 0 Å². The van der Waals surface area contributed by atoms with Crippen LogP contribution in [-0.4, -0.2) is 79.6 Å². The summed E-state index contributed by atoms with van der Waals surface area (Å²) in [6.07, 6.45) is 1.13. The fourth-order valence-corrected chi connectivity index (χ4v) is 2.61. The van der Waals surface area contributed by atoms with Gasteiger partial charge in [0, 0.05) is 25.2 Å². The second kappa shape index (κ2) is 10.1. The summed E-state index contributed by atoms with van der Waals surface area (Å²) < 4.78 is 4.97. The highest BCUT2D eigenvalue weighted by molar-refractivity contribution is 5.81. The Morgan fingerprint density at radius 3 is 2.29 bits per heavy atom. The number of ether oxygens (including phenoxy) is 1. The van der Waals surface area contributed by atoms with Gasteiger partial charge in [0.25, 0.3) is 0 Å². The molecule has 1 heterocycles. The lowest BCUT2D eigenvalue weighted by Crippen LogP contribution is -2.49. The quantitative estimate of drug-likeness (QED) is 0.689. The Balaban J connectivity index is 2.26. The van der Waals surface area contributed by atoms with E-state index in [-0.39, 0.29) is 43.1 Å². The zero-order valence-corrected chi connectivity index (χ0v) is 15.1. The van der Waals surface area contributed by atoms with Crippen molar-refractivity contribution in [2.45, 2.75) is 45.7 Å². The molecule has 0 aromatic carbocycles. The molecule has 0 aliphatic carbocycles. The molecule has 0 saturated carbocycles. The fourth-order valence-electron chi connectivity index (χ4n) is 2.61. The third-order valence-corrected chi connectivity index (χ3v) is 3.66. The van der Waals surface area contributed by atoms with Crippen LogP contribution in [0.15, 0.2) is 0 Å². The number of amides is 3. The molecule has 1 aliphatic heterocycles. The van der Waals surface area contributed by atoms with Gasteiger partial charge in [-0.1, -0.05) is 0 Å². The summed E-state index contributed by atoms with van der Waals surface area (Å²) in [4.78, 5) is 38.7. The number of carbonyl (C=O) groups is 3. The number of nitrogens with zero attached hydrogens (tertiary/aromatic N) is 2. The molecule has 3 amide bonds. The maximum absolute atomic E-state index is 12.1. The first-order valence-electron chi connectivity index (χ1n) is 8.50. The molecule has 1 rings (SSSR count). The first kappa shape index (κ1) is 20.2. The zero-order valence-electron chi connectivity index (χ0n) is 15.1. The number of piperidine rings is 1. The summed E-state index contributed by atoms with van der Waals surface area (Å²) in [6, 6.07) is 0.144. The van der Waals surface area contributed by atoms with Gasteiger partial charge in [0.05, 0.1) is 19.7 Å². The van der Waals surface area contributed by atoms with Crippen molar-refractivity contribution in [3.63, 3.8) is 0 Å². The van der Waals surface area contributed by atoms with Crippen molar-refractivity contribution in [3.05, 3.63) is 0 Å². The van der Waals surface area contributed by atoms with Crippen molar-refractivity contribution in [2.75, 3.05) is 39.8 Å². The van der Waals surface area contributed by atoms with Crippen LogP contribution in [-0.2, 0) is 14.3 Å². The molecule has 8 nitrogen and oxygen atoms in total. The lowest BCUT2D eigenvalue weighted by atomic mass is 10.1. The number of hydrogen-bond acceptors (Lipinski definition) is 5. The molecule has 0 radical (unpaired) electrons. The van der Waals surface area contributed by atoms with Gasteiger partial charge in [0.2, 0.25) is 11.8 Å². The van der Waals surface area contributed by atoms with E-state index in [1.165, 1.54) is 0 Å². The Bertz CT molecular complexity index is 434. The minimum Gasteiger partial charge on any atom is -0.450 e. The largest absolute Gasteiger partial charge is 0.450 e. The third kappa shape index (κ3) is 7.63. The molecule has 1 fully saturated rings. The van der Waals surface area contributed by atoms with E-state index in [9.17, 15) is 14.4 Å². The van der Waals surface area contributed by atoms with Crippen LogP contribution in [0.5, 0.6) is 0 Å². The first-order valence-corrected chi connectivity index (χ1v) is 8.50. The van der Waals surface area contributed by atoms with Crippen molar-refractivity contribution in [2.24, 2.45) is 0 Å². The van der Waals surface area contributed by atoms with Crippen LogP contribution >= 0.6 is 0 Å². The van der Waals surface area contributed by atoms with Crippen molar-refractivity contribution >= 4 is 17.9 Å².